The fourth-order valence-electron chi connectivity index (χ4n) is 7.44. The summed E-state index contributed by atoms with van der Waals surface area (Å²) in [5, 5.41) is 10.7. The van der Waals surface area contributed by atoms with Crippen molar-refractivity contribution in [1.29, 1.82) is 0 Å². The maximum Gasteiger partial charge on any atom is 0.341 e. The number of aromatic amines is 1. The number of fused-ring (bicyclic) bond motifs is 1. The first-order chi connectivity index (χ1) is 25.0. The lowest BCUT2D eigenvalue weighted by Crippen LogP contribution is -2.42. The summed E-state index contributed by atoms with van der Waals surface area (Å²) in [7, 11) is -4.72. The van der Waals surface area contributed by atoms with E-state index in [0.29, 0.717) is 29.6 Å². The van der Waals surface area contributed by atoms with Crippen LogP contribution in [0.1, 0.15) is 41.6 Å². The van der Waals surface area contributed by atoms with Gasteiger partial charge in [0.2, 0.25) is 0 Å². The van der Waals surface area contributed by atoms with Crippen LogP contribution in [0.15, 0.2) is 71.8 Å². The molecule has 3 aromatic carbocycles. The number of halogens is 1. The largest absolute Gasteiger partial charge is 0.506 e. The van der Waals surface area contributed by atoms with Crippen molar-refractivity contribution in [3.05, 3.63) is 83.0 Å². The van der Waals surface area contributed by atoms with Crippen LogP contribution in [-0.4, -0.2) is 95.9 Å². The number of urea groups is 1. The molecule has 3 heterocycles. The fraction of sp³-hybridized carbons (Fsp3) is 0.378. The second kappa shape index (κ2) is 14.8. The number of benzene rings is 3. The molecular weight excluding hydrogens is 710 g/mol. The van der Waals surface area contributed by atoms with Gasteiger partial charge in [0, 0.05) is 49.2 Å². The smallest absolute Gasteiger partial charge is 0.341 e. The number of ether oxygens (including phenoxy) is 2. The van der Waals surface area contributed by atoms with E-state index < -0.39 is 33.9 Å². The topological polar surface area (TPSA) is 176 Å². The molecule has 4 amide bonds. The Morgan fingerprint density at radius 2 is 1.81 bits per heavy atom. The van der Waals surface area contributed by atoms with Crippen LogP contribution in [0.5, 0.6) is 17.2 Å². The van der Waals surface area contributed by atoms with E-state index in [1.54, 1.807) is 6.20 Å². The molecule has 0 bridgehead atoms. The van der Waals surface area contributed by atoms with Gasteiger partial charge in [0.1, 0.15) is 23.3 Å². The highest BCUT2D eigenvalue weighted by molar-refractivity contribution is 7.89. The number of rotatable bonds is 10. The third kappa shape index (κ3) is 6.95. The lowest BCUT2D eigenvalue weighted by molar-refractivity contribution is -0.128. The van der Waals surface area contributed by atoms with Gasteiger partial charge in [-0.25, -0.2) is 17.5 Å². The molecule has 13 nitrogen and oxygen atoms in total. The number of nitrogens with one attached hydrogen (secondary N) is 1. The number of carbonyl (C=O) groups excluding carboxylic acids is 3. The first kappa shape index (κ1) is 35.8. The number of imide groups is 1. The van der Waals surface area contributed by atoms with E-state index in [0.717, 1.165) is 41.5 Å². The summed E-state index contributed by atoms with van der Waals surface area (Å²) in [6, 6.07) is 13.1. The van der Waals surface area contributed by atoms with Gasteiger partial charge in [-0.2, -0.15) is 0 Å². The highest BCUT2D eigenvalue weighted by Gasteiger charge is 2.52. The number of nitrogens with two attached hydrogens (primary N) is 1. The predicted molar refractivity (Wildman–Crippen MR) is 193 cm³/mol. The van der Waals surface area contributed by atoms with Gasteiger partial charge in [-0.05, 0) is 79.6 Å². The number of phenolic OH excluding ortho intramolecular Hbond substituents is 1. The molecule has 3 fully saturated rings. The van der Waals surface area contributed by atoms with Crippen molar-refractivity contribution in [2.45, 2.75) is 43.0 Å². The normalized spacial score (nSPS) is 21.3. The Balaban J connectivity index is 1.27. The molecular formula is C37H40ClN5O8S. The third-order valence-corrected chi connectivity index (χ3v) is 12.3. The zero-order valence-electron chi connectivity index (χ0n) is 28.4. The second-order valence-corrected chi connectivity index (χ2v) is 15.7. The number of morpholine rings is 1. The SMILES string of the molecule is NCC1CCCC(CN2C(=O)C(Cc3c[nH]c4ccccc34)N(S(=O)(=O)c3ccc(Oc4ccc(O)c(Cl)c4)c(C(=O)N4CCOCC4)c3)C2=O)C1. The van der Waals surface area contributed by atoms with Crippen molar-refractivity contribution >= 4 is 50.4 Å². The van der Waals surface area contributed by atoms with Crippen LogP contribution in [0.25, 0.3) is 10.9 Å². The summed E-state index contributed by atoms with van der Waals surface area (Å²) >= 11 is 6.10. The number of aromatic hydroxyl groups is 1. The molecule has 4 N–H and O–H groups in total. The molecule has 3 unspecified atom stereocenters. The lowest BCUT2D eigenvalue weighted by Gasteiger charge is -2.30. The minimum absolute atomic E-state index is 0.00539. The number of hydrogen-bond acceptors (Lipinski definition) is 9. The quantitative estimate of drug-likeness (QED) is 0.186. The summed E-state index contributed by atoms with van der Waals surface area (Å²) in [5.41, 5.74) is 7.38. The zero-order chi connectivity index (χ0) is 36.6. The van der Waals surface area contributed by atoms with Gasteiger partial charge < -0.3 is 30.2 Å². The number of para-hydroxylation sites is 1. The Hall–Kier alpha value is -4.63. The minimum Gasteiger partial charge on any atom is -0.506 e. The molecule has 0 spiro atoms. The van der Waals surface area contributed by atoms with Crippen LogP contribution >= 0.6 is 11.6 Å². The van der Waals surface area contributed by atoms with E-state index >= 15 is 0 Å². The van der Waals surface area contributed by atoms with Gasteiger partial charge in [-0.1, -0.05) is 36.2 Å². The van der Waals surface area contributed by atoms with Gasteiger partial charge in [0.05, 0.1) is 28.7 Å². The molecule has 4 aromatic rings. The summed E-state index contributed by atoms with van der Waals surface area (Å²) in [4.78, 5) is 47.9. The number of aromatic nitrogens is 1. The molecule has 0 radical (unpaired) electrons. The van der Waals surface area contributed by atoms with Crippen LogP contribution in [0.3, 0.4) is 0 Å². The highest BCUT2D eigenvalue weighted by atomic mass is 35.5. The number of phenols is 1. The summed E-state index contributed by atoms with van der Waals surface area (Å²) in [5.74, 6) is -0.768. The van der Waals surface area contributed by atoms with Gasteiger partial charge in [-0.15, -0.1) is 0 Å². The summed E-state index contributed by atoms with van der Waals surface area (Å²) in [6.45, 7) is 1.74. The number of sulfonamides is 1. The summed E-state index contributed by atoms with van der Waals surface area (Å²) in [6.07, 6.45) is 5.10. The average molecular weight is 750 g/mol. The van der Waals surface area contributed by atoms with E-state index in [9.17, 15) is 27.9 Å². The third-order valence-electron chi connectivity index (χ3n) is 10.2. The van der Waals surface area contributed by atoms with Crippen molar-refractivity contribution in [2.24, 2.45) is 17.6 Å². The maximum atomic E-state index is 14.7. The molecule has 2 aliphatic heterocycles. The standard InChI is InChI=1S/C37H40ClN5O8S/c38-30-18-26(8-10-33(30)44)51-34-11-9-27(19-29(34)35(45)41-12-14-50-15-13-41)52(48,49)43-32(17-25-21-40-31-7-2-1-6-28(25)31)36(46)42(37(43)47)22-24-5-3-4-23(16-24)20-39/h1-2,6-11,18-19,21,23-24,32,40,44H,3-5,12-17,20,22,39H2. The molecule has 274 valence electrons. The van der Waals surface area contributed by atoms with Gasteiger partial charge in [0.15, 0.2) is 0 Å². The Labute approximate surface area is 306 Å². The number of H-pyrrole nitrogens is 1. The Kier molecular flexibility index (Phi) is 10.2. The van der Waals surface area contributed by atoms with E-state index in [1.807, 2.05) is 24.3 Å². The highest BCUT2D eigenvalue weighted by Crippen LogP contribution is 2.37. The van der Waals surface area contributed by atoms with Crippen molar-refractivity contribution in [1.82, 2.24) is 19.1 Å². The molecule has 1 aliphatic carbocycles. The molecule has 1 aromatic heterocycles. The van der Waals surface area contributed by atoms with E-state index in [2.05, 4.69) is 4.98 Å². The number of nitrogens with zero attached hydrogens (tertiary/aromatic N) is 3. The van der Waals surface area contributed by atoms with E-state index in [1.165, 1.54) is 41.3 Å². The summed E-state index contributed by atoms with van der Waals surface area (Å²) < 4.78 is 41.5. The lowest BCUT2D eigenvalue weighted by atomic mass is 9.81. The van der Waals surface area contributed by atoms with Gasteiger partial charge in [0.25, 0.3) is 21.8 Å². The first-order valence-corrected chi connectivity index (χ1v) is 19.2. The van der Waals surface area contributed by atoms with Crippen LogP contribution in [0.4, 0.5) is 4.79 Å². The van der Waals surface area contributed by atoms with Crippen LogP contribution in [-0.2, 0) is 26.0 Å². The molecule has 15 heteroatoms. The monoisotopic (exact) mass is 749 g/mol. The number of amides is 4. The molecule has 3 aliphatic rings. The minimum atomic E-state index is -4.72. The van der Waals surface area contributed by atoms with Crippen molar-refractivity contribution in [2.75, 3.05) is 39.4 Å². The van der Waals surface area contributed by atoms with Crippen LogP contribution in [0.2, 0.25) is 5.02 Å². The Bertz CT molecular complexity index is 2120. The van der Waals surface area contributed by atoms with Crippen LogP contribution < -0.4 is 10.5 Å². The van der Waals surface area contributed by atoms with E-state index in [-0.39, 0.29) is 70.6 Å². The van der Waals surface area contributed by atoms with Crippen molar-refractivity contribution in [3.8, 4) is 17.2 Å². The average Bonchev–Trinajstić information content (AvgIpc) is 3.67. The molecule has 7 rings (SSSR count). The van der Waals surface area contributed by atoms with E-state index in [4.69, 9.17) is 26.8 Å². The number of hydrogen-bond donors (Lipinski definition) is 3. The molecule has 2 saturated heterocycles. The van der Waals surface area contributed by atoms with Crippen molar-refractivity contribution in [3.63, 3.8) is 0 Å². The first-order valence-electron chi connectivity index (χ1n) is 17.4. The second-order valence-electron chi connectivity index (χ2n) is 13.5. The van der Waals surface area contributed by atoms with Crippen molar-refractivity contribution < 1.29 is 37.4 Å². The fourth-order valence-corrected chi connectivity index (χ4v) is 9.15. The molecule has 1 saturated carbocycles. The predicted octanol–water partition coefficient (Wildman–Crippen LogP) is 5.12. The Morgan fingerprint density at radius 1 is 1.04 bits per heavy atom. The Morgan fingerprint density at radius 3 is 2.58 bits per heavy atom. The molecule has 52 heavy (non-hydrogen) atoms. The van der Waals surface area contributed by atoms with Gasteiger partial charge >= 0.3 is 6.03 Å². The maximum absolute atomic E-state index is 14.7. The van der Waals surface area contributed by atoms with Crippen LogP contribution in [0, 0.1) is 11.8 Å². The molecule has 3 atom stereocenters. The number of carbonyl (C=O) groups is 3. The zero-order valence-corrected chi connectivity index (χ0v) is 29.9. The van der Waals surface area contributed by atoms with Gasteiger partial charge in [-0.3, -0.25) is 14.5 Å².